The maximum absolute atomic E-state index is 13.4. The third-order valence-electron chi connectivity index (χ3n) is 7.42. The number of hydrogen-bond acceptors (Lipinski definition) is 4. The number of nitrogens with zero attached hydrogens (tertiary/aromatic N) is 1. The van der Waals surface area contributed by atoms with E-state index in [1.165, 1.54) is 0 Å². The van der Waals surface area contributed by atoms with Crippen molar-refractivity contribution in [2.24, 2.45) is 5.73 Å². The molecule has 1 saturated heterocycles. The number of fused-ring (bicyclic) bond motifs is 1. The summed E-state index contributed by atoms with van der Waals surface area (Å²) in [6, 6.07) is 12.7. The number of benzene rings is 2. The number of aryl methyl sites for hydroxylation is 1. The largest absolute Gasteiger partial charge is 0.369 e. The van der Waals surface area contributed by atoms with Crippen molar-refractivity contribution in [2.45, 2.75) is 69.7 Å². The zero-order chi connectivity index (χ0) is 22.2. The topological polar surface area (TPSA) is 78.6 Å². The fourth-order valence-corrected chi connectivity index (χ4v) is 5.62. The maximum atomic E-state index is 13.4. The lowest BCUT2D eigenvalue weighted by Gasteiger charge is -2.58. The first-order chi connectivity index (χ1) is 14.7. The molecule has 0 spiro atoms. The number of aliphatic hydroxyl groups excluding tert-OH is 1. The van der Waals surface area contributed by atoms with E-state index in [1.54, 1.807) is 6.07 Å². The molecule has 1 aliphatic carbocycles. The zero-order valence-electron chi connectivity index (χ0n) is 18.3. The summed E-state index contributed by atoms with van der Waals surface area (Å²) in [4.78, 5) is 15.4. The van der Waals surface area contributed by atoms with Gasteiger partial charge in [0.05, 0.1) is 5.54 Å². The van der Waals surface area contributed by atoms with Crippen molar-refractivity contribution in [1.29, 1.82) is 0 Å². The minimum atomic E-state index is -0.861. The number of carbonyl (C=O) groups is 1. The molecule has 166 valence electrons. The molecule has 5 nitrogen and oxygen atoms in total. The molecule has 2 aromatic carbocycles. The number of anilines is 1. The van der Waals surface area contributed by atoms with Gasteiger partial charge in [-0.25, -0.2) is 0 Å². The number of piperidine rings is 1. The predicted octanol–water partition coefficient (Wildman–Crippen LogP) is 5.02. The SMILES string of the molecule is Cc1cc(Cl)ccc1C(O)Nc1ccc(C(=O)N2CCC[C@@]3(N)CCCCC23C)cc1. The van der Waals surface area contributed by atoms with Crippen LogP contribution in [0.4, 0.5) is 5.69 Å². The highest BCUT2D eigenvalue weighted by Gasteiger charge is 2.53. The van der Waals surface area contributed by atoms with Crippen molar-refractivity contribution in [1.82, 2.24) is 4.90 Å². The first-order valence-electron chi connectivity index (χ1n) is 11.2. The van der Waals surface area contributed by atoms with Crippen LogP contribution < -0.4 is 11.1 Å². The lowest BCUT2D eigenvalue weighted by atomic mass is 9.63. The van der Waals surface area contributed by atoms with Gasteiger partial charge in [0.25, 0.3) is 5.91 Å². The van der Waals surface area contributed by atoms with E-state index in [4.69, 9.17) is 17.3 Å². The molecule has 1 amide bonds. The van der Waals surface area contributed by atoms with E-state index in [0.29, 0.717) is 10.6 Å². The van der Waals surface area contributed by atoms with E-state index >= 15 is 0 Å². The van der Waals surface area contributed by atoms with E-state index in [9.17, 15) is 9.90 Å². The van der Waals surface area contributed by atoms with Gasteiger partial charge in [-0.05, 0) is 81.5 Å². The van der Waals surface area contributed by atoms with E-state index in [1.807, 2.05) is 48.2 Å². The number of likely N-dealkylation sites (tertiary alicyclic amines) is 1. The molecule has 1 aliphatic heterocycles. The highest BCUT2D eigenvalue weighted by molar-refractivity contribution is 6.30. The molecule has 31 heavy (non-hydrogen) atoms. The summed E-state index contributed by atoms with van der Waals surface area (Å²) >= 11 is 6.01. The van der Waals surface area contributed by atoms with E-state index in [0.717, 1.165) is 61.9 Å². The summed E-state index contributed by atoms with van der Waals surface area (Å²) in [5, 5.41) is 14.3. The molecule has 4 N–H and O–H groups in total. The lowest BCUT2D eigenvalue weighted by Crippen LogP contribution is -2.72. The minimum absolute atomic E-state index is 0.0413. The molecule has 0 aromatic heterocycles. The standard InChI is InChI=1S/C25H32ClN3O2/c1-17-16-19(26)8-11-21(17)22(30)28-20-9-6-18(7-10-20)23(31)29-15-5-14-25(27)13-4-3-12-24(25,29)2/h6-11,16,22,28,30H,3-5,12-15,27H2,1-2H3/t22?,24?,25-/m0/s1. The second kappa shape index (κ2) is 8.45. The normalized spacial score (nSPS) is 26.8. The van der Waals surface area contributed by atoms with Gasteiger partial charge >= 0.3 is 0 Å². The number of nitrogens with two attached hydrogens (primary N) is 1. The van der Waals surface area contributed by atoms with E-state index in [-0.39, 0.29) is 17.0 Å². The summed E-state index contributed by atoms with van der Waals surface area (Å²) < 4.78 is 0. The number of hydrogen-bond donors (Lipinski definition) is 3. The molecule has 2 aliphatic rings. The number of halogens is 1. The molecular weight excluding hydrogens is 410 g/mol. The summed E-state index contributed by atoms with van der Waals surface area (Å²) in [5.74, 6) is 0.0413. The summed E-state index contributed by atoms with van der Waals surface area (Å²) in [6.07, 6.45) is 5.27. The van der Waals surface area contributed by atoms with Crippen molar-refractivity contribution < 1.29 is 9.90 Å². The van der Waals surface area contributed by atoms with Crippen molar-refractivity contribution in [3.8, 4) is 0 Å². The monoisotopic (exact) mass is 441 g/mol. The molecule has 0 radical (unpaired) electrons. The highest BCUT2D eigenvalue weighted by Crippen LogP contribution is 2.46. The Kier molecular flexibility index (Phi) is 6.03. The Hall–Kier alpha value is -2.08. The van der Waals surface area contributed by atoms with Gasteiger partial charge in [0, 0.05) is 33.9 Å². The van der Waals surface area contributed by atoms with Crippen molar-refractivity contribution in [3.63, 3.8) is 0 Å². The highest BCUT2D eigenvalue weighted by atomic mass is 35.5. The van der Waals surface area contributed by atoms with Gasteiger partial charge in [0.1, 0.15) is 0 Å². The minimum Gasteiger partial charge on any atom is -0.369 e. The van der Waals surface area contributed by atoms with Crippen LogP contribution in [0.3, 0.4) is 0 Å². The zero-order valence-corrected chi connectivity index (χ0v) is 19.1. The Balaban J connectivity index is 1.49. The average Bonchev–Trinajstić information content (AvgIpc) is 2.73. The number of aliphatic hydroxyl groups is 1. The first-order valence-corrected chi connectivity index (χ1v) is 11.5. The molecule has 2 unspecified atom stereocenters. The third-order valence-corrected chi connectivity index (χ3v) is 7.65. The van der Waals surface area contributed by atoms with Crippen molar-refractivity contribution in [2.75, 3.05) is 11.9 Å². The van der Waals surface area contributed by atoms with Crippen LogP contribution in [-0.2, 0) is 0 Å². The maximum Gasteiger partial charge on any atom is 0.254 e. The van der Waals surface area contributed by atoms with Crippen LogP contribution in [0, 0.1) is 6.92 Å². The quantitative estimate of drug-likeness (QED) is 0.582. The molecule has 1 heterocycles. The smallest absolute Gasteiger partial charge is 0.254 e. The van der Waals surface area contributed by atoms with Gasteiger partial charge in [-0.3, -0.25) is 4.79 Å². The average molecular weight is 442 g/mol. The van der Waals surface area contributed by atoms with Crippen molar-refractivity contribution >= 4 is 23.2 Å². The van der Waals surface area contributed by atoms with Crippen LogP contribution in [0.25, 0.3) is 0 Å². The summed E-state index contributed by atoms with van der Waals surface area (Å²) in [6.45, 7) is 4.84. The van der Waals surface area contributed by atoms with Gasteiger partial charge in [-0.15, -0.1) is 0 Å². The number of nitrogens with one attached hydrogen (secondary N) is 1. The van der Waals surface area contributed by atoms with Crippen LogP contribution in [-0.4, -0.2) is 33.5 Å². The fraction of sp³-hybridized carbons (Fsp3) is 0.480. The molecule has 1 saturated carbocycles. The number of carbonyl (C=O) groups excluding carboxylic acids is 1. The molecule has 0 bridgehead atoms. The van der Waals surface area contributed by atoms with Gasteiger partial charge < -0.3 is 21.1 Å². The predicted molar refractivity (Wildman–Crippen MR) is 125 cm³/mol. The van der Waals surface area contributed by atoms with Gasteiger partial charge in [-0.1, -0.05) is 30.5 Å². The third kappa shape index (κ3) is 4.07. The van der Waals surface area contributed by atoms with Crippen LogP contribution in [0.15, 0.2) is 42.5 Å². The van der Waals surface area contributed by atoms with Crippen LogP contribution in [0.1, 0.15) is 73.2 Å². The Morgan fingerprint density at radius 1 is 1.13 bits per heavy atom. The Morgan fingerprint density at radius 3 is 2.52 bits per heavy atom. The van der Waals surface area contributed by atoms with Crippen molar-refractivity contribution in [3.05, 3.63) is 64.2 Å². The fourth-order valence-electron chi connectivity index (χ4n) is 5.40. The Labute approximate surface area is 189 Å². The molecular formula is C25H32ClN3O2. The summed E-state index contributed by atoms with van der Waals surface area (Å²) in [7, 11) is 0. The molecule has 2 fully saturated rings. The molecule has 4 rings (SSSR count). The number of rotatable bonds is 4. The molecule has 6 heteroatoms. The number of amides is 1. The Morgan fingerprint density at radius 2 is 1.81 bits per heavy atom. The first kappa shape index (κ1) is 22.1. The molecule has 2 aromatic rings. The Bertz CT molecular complexity index is 960. The second-order valence-electron chi connectivity index (χ2n) is 9.32. The second-order valence-corrected chi connectivity index (χ2v) is 9.76. The summed E-state index contributed by atoms with van der Waals surface area (Å²) in [5.41, 5.74) is 9.31. The van der Waals surface area contributed by atoms with E-state index in [2.05, 4.69) is 12.2 Å². The lowest BCUT2D eigenvalue weighted by molar-refractivity contribution is -0.0256. The van der Waals surface area contributed by atoms with Crippen LogP contribution in [0.2, 0.25) is 5.02 Å². The molecule has 3 atom stereocenters. The van der Waals surface area contributed by atoms with Gasteiger partial charge in [0.15, 0.2) is 6.23 Å². The van der Waals surface area contributed by atoms with Gasteiger partial charge in [-0.2, -0.15) is 0 Å². The van der Waals surface area contributed by atoms with Crippen LogP contribution in [0.5, 0.6) is 0 Å². The van der Waals surface area contributed by atoms with Gasteiger partial charge in [0.2, 0.25) is 0 Å². The van der Waals surface area contributed by atoms with E-state index < -0.39 is 6.23 Å². The van der Waals surface area contributed by atoms with Crippen LogP contribution >= 0.6 is 11.6 Å².